The molecular weight excluding hydrogens is 503 g/mol. The van der Waals surface area contributed by atoms with Crippen molar-refractivity contribution in [3.05, 3.63) is 71.8 Å². The molecule has 0 bridgehead atoms. The van der Waals surface area contributed by atoms with Gasteiger partial charge in [-0.2, -0.15) is 0 Å². The summed E-state index contributed by atoms with van der Waals surface area (Å²) in [6.45, 7) is 2.65. The molecule has 0 aromatic heterocycles. The van der Waals surface area contributed by atoms with E-state index in [1.807, 2.05) is 60.7 Å². The lowest BCUT2D eigenvalue weighted by Gasteiger charge is -2.20. The molecule has 2 amide bonds. The Balaban J connectivity index is 0.000000260. The van der Waals surface area contributed by atoms with E-state index >= 15 is 0 Å². The molecule has 5 rings (SSSR count). The van der Waals surface area contributed by atoms with Crippen molar-refractivity contribution < 1.29 is 33.3 Å². The second-order valence-electron chi connectivity index (χ2n) is 9.51. The maximum atomic E-state index is 13.3. The van der Waals surface area contributed by atoms with Crippen LogP contribution in [0.1, 0.15) is 51.7 Å². The third-order valence-corrected chi connectivity index (χ3v) is 6.77. The number of amides is 2. The fraction of sp³-hybridized carbons (Fsp3) is 0.533. The summed E-state index contributed by atoms with van der Waals surface area (Å²) in [5.41, 5.74) is 1.93. The largest absolute Gasteiger partial charge is 0.445 e. The highest BCUT2D eigenvalue weighted by Gasteiger charge is 2.41. The number of carbonyl (C=O) groups is 2. The summed E-state index contributed by atoms with van der Waals surface area (Å²) in [4.78, 5) is 27.0. The molecule has 2 unspecified atom stereocenters. The highest BCUT2D eigenvalue weighted by molar-refractivity contribution is 5.68. The average Bonchev–Trinajstić information content (AvgIpc) is 3.73. The first-order chi connectivity index (χ1) is 18.0. The minimum absolute atomic E-state index is 0. The maximum Gasteiger partial charge on any atom is 0.410 e. The number of halogens is 1. The molecule has 0 radical (unpaired) electrons. The van der Waals surface area contributed by atoms with E-state index in [-0.39, 0.29) is 46.9 Å². The van der Waals surface area contributed by atoms with Gasteiger partial charge in [0.25, 0.3) is 0 Å². The summed E-state index contributed by atoms with van der Waals surface area (Å²) >= 11 is 0. The molecule has 3 aliphatic heterocycles. The van der Waals surface area contributed by atoms with Crippen molar-refractivity contribution in [3.8, 4) is 0 Å². The Labute approximate surface area is 231 Å². The van der Waals surface area contributed by atoms with Crippen molar-refractivity contribution in [2.45, 2.75) is 78.2 Å². The van der Waals surface area contributed by atoms with Crippen LogP contribution in [0.25, 0.3) is 0 Å². The number of epoxide rings is 1. The zero-order valence-corrected chi connectivity index (χ0v) is 20.9. The molecule has 3 aliphatic rings. The first kappa shape index (κ1) is 32.0. The predicted molar refractivity (Wildman–Crippen MR) is 148 cm³/mol. The number of carbonyl (C=O) groups excluding carboxylic acids is 2. The molecule has 4 atom stereocenters. The van der Waals surface area contributed by atoms with Gasteiger partial charge in [-0.3, -0.25) is 0 Å². The Bertz CT molecular complexity index is 971. The molecule has 216 valence electrons. The Morgan fingerprint density at radius 3 is 1.62 bits per heavy atom. The number of hydrogen-bond acceptors (Lipinski definition) is 6. The number of nitrogens with zero attached hydrogens (tertiary/aromatic N) is 2. The van der Waals surface area contributed by atoms with E-state index in [2.05, 4.69) is 0 Å². The predicted octanol–water partition coefficient (Wildman–Crippen LogP) is 5.58. The Morgan fingerprint density at radius 2 is 1.15 bits per heavy atom. The van der Waals surface area contributed by atoms with E-state index in [1.165, 1.54) is 4.90 Å². The number of aliphatic hydroxyl groups excluding tert-OH is 1. The van der Waals surface area contributed by atoms with Gasteiger partial charge in [0.1, 0.15) is 19.4 Å². The minimum atomic E-state index is -1.26. The average molecular weight is 547 g/mol. The van der Waals surface area contributed by atoms with Gasteiger partial charge in [0, 0.05) is 26.2 Å². The van der Waals surface area contributed by atoms with Crippen LogP contribution in [0.3, 0.4) is 0 Å². The van der Waals surface area contributed by atoms with Crippen LogP contribution in [0.5, 0.6) is 0 Å². The van der Waals surface area contributed by atoms with Gasteiger partial charge in [0.15, 0.2) is 0 Å². The van der Waals surface area contributed by atoms with Gasteiger partial charge in [0.2, 0.25) is 0 Å². The molecule has 3 saturated heterocycles. The molecule has 0 aliphatic carbocycles. The molecule has 0 saturated carbocycles. The van der Waals surface area contributed by atoms with E-state index in [1.54, 1.807) is 4.90 Å². The molecule has 3 fully saturated rings. The smallest absolute Gasteiger partial charge is 0.410 e. The zero-order valence-electron chi connectivity index (χ0n) is 20.9. The van der Waals surface area contributed by atoms with Crippen LogP contribution in [-0.4, -0.2) is 77.8 Å². The van der Waals surface area contributed by atoms with E-state index in [0.29, 0.717) is 25.4 Å². The summed E-state index contributed by atoms with van der Waals surface area (Å²) in [5.74, 6) is 0. The van der Waals surface area contributed by atoms with E-state index in [9.17, 15) is 19.1 Å². The van der Waals surface area contributed by atoms with Gasteiger partial charge < -0.3 is 29.1 Å². The number of ether oxygens (including phenoxy) is 3. The number of alkyl halides is 1. The zero-order chi connectivity index (χ0) is 26.0. The van der Waals surface area contributed by atoms with Gasteiger partial charge in [-0.1, -0.05) is 75.5 Å². The number of rotatable bonds is 4. The molecule has 2 aromatic rings. The van der Waals surface area contributed by atoms with E-state index < -0.39 is 18.4 Å². The van der Waals surface area contributed by atoms with E-state index in [4.69, 9.17) is 14.2 Å². The maximum absolute atomic E-state index is 13.3. The van der Waals surface area contributed by atoms with Crippen molar-refractivity contribution in [1.82, 2.24) is 9.80 Å². The number of benzene rings is 2. The standard InChI is InChI=1S/C14H18FNO3.C14H17NO3.2CH4/c15-12-6-8-16(9-7-13(12)17)14(18)19-10-11-4-2-1-3-5-11;16-14(17-10-11-4-2-1-3-5-11)15-8-6-12-13(18-12)7-9-15;;/h1-5,12-13,17H,6-10H2;1-5,12-13H,6-10H2;2*1H4/t12-,13-;;;/m0.../s1. The highest BCUT2D eigenvalue weighted by atomic mass is 19.1. The topological polar surface area (TPSA) is 91.8 Å². The number of hydrogen-bond donors (Lipinski definition) is 1. The van der Waals surface area contributed by atoms with Crippen LogP contribution in [-0.2, 0) is 27.4 Å². The van der Waals surface area contributed by atoms with Crippen LogP contribution in [0, 0.1) is 0 Å². The van der Waals surface area contributed by atoms with Crippen molar-refractivity contribution in [3.63, 3.8) is 0 Å². The van der Waals surface area contributed by atoms with Gasteiger partial charge in [0.05, 0.1) is 18.3 Å². The number of likely N-dealkylation sites (tertiary alicyclic amines) is 2. The molecule has 8 nitrogen and oxygen atoms in total. The molecule has 2 aromatic carbocycles. The molecule has 1 N–H and O–H groups in total. The molecule has 39 heavy (non-hydrogen) atoms. The van der Waals surface area contributed by atoms with Gasteiger partial charge in [-0.15, -0.1) is 0 Å². The summed E-state index contributed by atoms with van der Waals surface area (Å²) in [7, 11) is 0. The molecule has 3 heterocycles. The second kappa shape index (κ2) is 16.1. The lowest BCUT2D eigenvalue weighted by Crippen LogP contribution is -2.33. The van der Waals surface area contributed by atoms with Gasteiger partial charge in [-0.05, 0) is 36.8 Å². The molecule has 9 heteroatoms. The number of aliphatic hydroxyl groups is 1. The summed E-state index contributed by atoms with van der Waals surface area (Å²) in [5, 5.41) is 9.41. The number of fused-ring (bicyclic) bond motifs is 1. The van der Waals surface area contributed by atoms with Crippen molar-refractivity contribution in [2.75, 3.05) is 26.2 Å². The van der Waals surface area contributed by atoms with Crippen LogP contribution in [0.4, 0.5) is 14.0 Å². The van der Waals surface area contributed by atoms with Crippen LogP contribution in [0.2, 0.25) is 0 Å². The van der Waals surface area contributed by atoms with Crippen LogP contribution in [0.15, 0.2) is 60.7 Å². The Hall–Kier alpha value is -3.17. The van der Waals surface area contributed by atoms with Gasteiger partial charge >= 0.3 is 12.2 Å². The molecule has 0 spiro atoms. The Kier molecular flexibility index (Phi) is 13.2. The summed E-state index contributed by atoms with van der Waals surface area (Å²) < 4.78 is 29.2. The minimum Gasteiger partial charge on any atom is -0.445 e. The third kappa shape index (κ3) is 10.1. The quantitative estimate of drug-likeness (QED) is 0.504. The van der Waals surface area contributed by atoms with Crippen molar-refractivity contribution in [1.29, 1.82) is 0 Å². The van der Waals surface area contributed by atoms with Gasteiger partial charge in [-0.25, -0.2) is 14.0 Å². The summed E-state index contributed by atoms with van der Waals surface area (Å²) in [6, 6.07) is 19.1. The lowest BCUT2D eigenvalue weighted by atomic mass is 10.1. The van der Waals surface area contributed by atoms with Crippen LogP contribution < -0.4 is 0 Å². The van der Waals surface area contributed by atoms with Crippen molar-refractivity contribution in [2.24, 2.45) is 0 Å². The van der Waals surface area contributed by atoms with Crippen LogP contribution >= 0.6 is 0 Å². The highest BCUT2D eigenvalue weighted by Crippen LogP contribution is 2.31. The summed E-state index contributed by atoms with van der Waals surface area (Å²) in [6.07, 6.45) is 0.150. The first-order valence-corrected chi connectivity index (χ1v) is 12.9. The monoisotopic (exact) mass is 546 g/mol. The lowest BCUT2D eigenvalue weighted by molar-refractivity contribution is 0.0749. The third-order valence-electron chi connectivity index (χ3n) is 6.77. The first-order valence-electron chi connectivity index (χ1n) is 12.9. The SMILES string of the molecule is C.C.O=C(OCc1ccccc1)N1CCC2OC2CC1.O=C(OCc1ccccc1)N1CC[C@H](O)[C@@H](F)CC1. The fourth-order valence-corrected chi connectivity index (χ4v) is 4.40. The van der Waals surface area contributed by atoms with E-state index in [0.717, 1.165) is 37.1 Å². The molecular formula is C30H43FN2O6. The fourth-order valence-electron chi connectivity index (χ4n) is 4.40. The second-order valence-corrected chi connectivity index (χ2v) is 9.51. The normalized spacial score (nSPS) is 23.6. The van der Waals surface area contributed by atoms with Crippen molar-refractivity contribution >= 4 is 12.2 Å². The Morgan fingerprint density at radius 1 is 0.744 bits per heavy atom.